The molecule has 0 amide bonds. The van der Waals surface area contributed by atoms with Gasteiger partial charge in [-0.15, -0.1) is 0 Å². The van der Waals surface area contributed by atoms with Crippen LogP contribution in [0.2, 0.25) is 0 Å². The standard InChI is InChI=1S/C7H11NOS2/c1-2-3-10-11-5-7-4-8-6-9-7/h4,6H,2-3,5H2,1H3. The molecule has 0 atom stereocenters. The lowest BCUT2D eigenvalue weighted by Crippen LogP contribution is -1.72. The van der Waals surface area contributed by atoms with Gasteiger partial charge in [-0.1, -0.05) is 28.5 Å². The van der Waals surface area contributed by atoms with Crippen molar-refractivity contribution in [3.63, 3.8) is 0 Å². The molecule has 1 aromatic rings. The van der Waals surface area contributed by atoms with Crippen molar-refractivity contribution in [2.45, 2.75) is 19.1 Å². The van der Waals surface area contributed by atoms with Gasteiger partial charge in [0.15, 0.2) is 6.39 Å². The summed E-state index contributed by atoms with van der Waals surface area (Å²) in [6.45, 7) is 2.18. The second-order valence-corrected chi connectivity index (χ2v) is 4.63. The van der Waals surface area contributed by atoms with Crippen molar-refractivity contribution in [2.75, 3.05) is 5.75 Å². The maximum atomic E-state index is 5.07. The van der Waals surface area contributed by atoms with Crippen LogP contribution in [0.3, 0.4) is 0 Å². The molecule has 0 aromatic carbocycles. The van der Waals surface area contributed by atoms with Crippen molar-refractivity contribution in [2.24, 2.45) is 0 Å². The number of aromatic nitrogens is 1. The van der Waals surface area contributed by atoms with Crippen molar-refractivity contribution in [3.05, 3.63) is 18.4 Å². The van der Waals surface area contributed by atoms with Crippen LogP contribution < -0.4 is 0 Å². The molecule has 0 aliphatic carbocycles. The van der Waals surface area contributed by atoms with E-state index < -0.39 is 0 Å². The van der Waals surface area contributed by atoms with E-state index >= 15 is 0 Å². The van der Waals surface area contributed by atoms with Gasteiger partial charge in [0.1, 0.15) is 5.76 Å². The van der Waals surface area contributed by atoms with Gasteiger partial charge in [-0.25, -0.2) is 4.98 Å². The molecule has 0 unspecified atom stereocenters. The fourth-order valence-electron chi connectivity index (χ4n) is 0.555. The Bertz CT molecular complexity index is 177. The quantitative estimate of drug-likeness (QED) is 0.525. The first-order chi connectivity index (χ1) is 5.43. The Hall–Kier alpha value is -0.0900. The first-order valence-electron chi connectivity index (χ1n) is 3.55. The van der Waals surface area contributed by atoms with Crippen LogP contribution >= 0.6 is 21.6 Å². The van der Waals surface area contributed by atoms with Gasteiger partial charge in [-0.3, -0.25) is 0 Å². The molecule has 1 heterocycles. The molecule has 62 valence electrons. The van der Waals surface area contributed by atoms with Gasteiger partial charge in [0, 0.05) is 5.75 Å². The van der Waals surface area contributed by atoms with E-state index in [1.54, 1.807) is 6.20 Å². The molecule has 0 saturated carbocycles. The highest BCUT2D eigenvalue weighted by Gasteiger charge is 1.95. The first kappa shape index (κ1) is 9.00. The Morgan fingerprint density at radius 2 is 2.45 bits per heavy atom. The first-order valence-corrected chi connectivity index (χ1v) is 6.04. The third-order valence-corrected chi connectivity index (χ3v) is 3.55. The van der Waals surface area contributed by atoms with Gasteiger partial charge < -0.3 is 4.42 Å². The van der Waals surface area contributed by atoms with E-state index in [0.29, 0.717) is 0 Å². The fraction of sp³-hybridized carbons (Fsp3) is 0.571. The maximum absolute atomic E-state index is 5.07. The lowest BCUT2D eigenvalue weighted by Gasteiger charge is -1.94. The minimum Gasteiger partial charge on any atom is -0.448 e. The summed E-state index contributed by atoms with van der Waals surface area (Å²) >= 11 is 0. The van der Waals surface area contributed by atoms with Crippen LogP contribution in [0, 0.1) is 0 Å². The summed E-state index contributed by atoms with van der Waals surface area (Å²) in [7, 11) is 3.70. The van der Waals surface area contributed by atoms with E-state index in [1.807, 2.05) is 21.6 Å². The van der Waals surface area contributed by atoms with E-state index in [4.69, 9.17) is 4.42 Å². The minimum absolute atomic E-state index is 0.921. The molecule has 0 aliphatic heterocycles. The number of hydrogen-bond acceptors (Lipinski definition) is 4. The number of rotatable bonds is 5. The van der Waals surface area contributed by atoms with Crippen LogP contribution in [-0.4, -0.2) is 10.7 Å². The Labute approximate surface area is 74.6 Å². The monoisotopic (exact) mass is 189 g/mol. The molecular formula is C7H11NOS2. The molecule has 0 fully saturated rings. The van der Waals surface area contributed by atoms with Gasteiger partial charge in [-0.2, -0.15) is 0 Å². The molecule has 11 heavy (non-hydrogen) atoms. The van der Waals surface area contributed by atoms with Crippen LogP contribution in [0.4, 0.5) is 0 Å². The highest BCUT2D eigenvalue weighted by atomic mass is 33.1. The van der Waals surface area contributed by atoms with E-state index in [2.05, 4.69) is 11.9 Å². The van der Waals surface area contributed by atoms with Gasteiger partial charge in [-0.05, 0) is 6.42 Å². The molecule has 2 nitrogen and oxygen atoms in total. The van der Waals surface area contributed by atoms with Gasteiger partial charge in [0.25, 0.3) is 0 Å². The van der Waals surface area contributed by atoms with Crippen LogP contribution in [0.1, 0.15) is 19.1 Å². The lowest BCUT2D eigenvalue weighted by molar-refractivity contribution is 0.523. The Balaban J connectivity index is 2.04. The minimum atomic E-state index is 0.921. The molecule has 0 radical (unpaired) electrons. The van der Waals surface area contributed by atoms with Crippen LogP contribution in [0.15, 0.2) is 17.0 Å². The molecule has 0 bridgehead atoms. The van der Waals surface area contributed by atoms with Crippen LogP contribution in [0.25, 0.3) is 0 Å². The normalized spacial score (nSPS) is 10.3. The number of hydrogen-bond donors (Lipinski definition) is 0. The smallest absolute Gasteiger partial charge is 0.180 e. The van der Waals surface area contributed by atoms with Gasteiger partial charge in [0.2, 0.25) is 0 Å². The number of nitrogens with zero attached hydrogens (tertiary/aromatic N) is 1. The van der Waals surface area contributed by atoms with Crippen molar-refractivity contribution >= 4 is 21.6 Å². The molecule has 1 aromatic heterocycles. The largest absolute Gasteiger partial charge is 0.448 e. The van der Waals surface area contributed by atoms with Gasteiger partial charge >= 0.3 is 0 Å². The SMILES string of the molecule is CCCSSCc1cnco1. The van der Waals surface area contributed by atoms with E-state index in [1.165, 1.54) is 18.6 Å². The summed E-state index contributed by atoms with van der Waals surface area (Å²) in [6, 6.07) is 0. The molecular weight excluding hydrogens is 178 g/mol. The summed E-state index contributed by atoms with van der Waals surface area (Å²) in [6.07, 6.45) is 4.47. The average molecular weight is 189 g/mol. The van der Waals surface area contributed by atoms with Crippen molar-refractivity contribution in [1.29, 1.82) is 0 Å². The predicted octanol–water partition coefficient (Wildman–Crippen LogP) is 2.97. The zero-order valence-electron chi connectivity index (χ0n) is 6.45. The molecule has 1 rings (SSSR count). The second-order valence-electron chi connectivity index (χ2n) is 2.05. The van der Waals surface area contributed by atoms with Crippen molar-refractivity contribution < 1.29 is 4.42 Å². The highest BCUT2D eigenvalue weighted by molar-refractivity contribution is 8.76. The number of oxazole rings is 1. The van der Waals surface area contributed by atoms with Crippen molar-refractivity contribution in [3.8, 4) is 0 Å². The third-order valence-electron chi connectivity index (χ3n) is 1.06. The van der Waals surface area contributed by atoms with E-state index in [0.717, 1.165) is 11.5 Å². The fourth-order valence-corrected chi connectivity index (χ4v) is 2.63. The summed E-state index contributed by atoms with van der Waals surface area (Å²) in [5, 5.41) is 0. The average Bonchev–Trinajstić information content (AvgIpc) is 2.50. The summed E-state index contributed by atoms with van der Waals surface area (Å²) < 4.78 is 5.07. The Morgan fingerprint density at radius 3 is 3.09 bits per heavy atom. The maximum Gasteiger partial charge on any atom is 0.180 e. The van der Waals surface area contributed by atoms with Crippen LogP contribution in [-0.2, 0) is 5.75 Å². The highest BCUT2D eigenvalue weighted by Crippen LogP contribution is 2.25. The van der Waals surface area contributed by atoms with Crippen LogP contribution in [0.5, 0.6) is 0 Å². The summed E-state index contributed by atoms with van der Waals surface area (Å²) in [5.74, 6) is 3.09. The lowest BCUT2D eigenvalue weighted by atomic mass is 10.6. The van der Waals surface area contributed by atoms with Gasteiger partial charge in [0.05, 0.1) is 11.9 Å². The van der Waals surface area contributed by atoms with E-state index in [-0.39, 0.29) is 0 Å². The predicted molar refractivity (Wildman–Crippen MR) is 50.5 cm³/mol. The molecule has 4 heteroatoms. The third kappa shape index (κ3) is 3.72. The summed E-state index contributed by atoms with van der Waals surface area (Å²) in [5.41, 5.74) is 0. The van der Waals surface area contributed by atoms with Crippen molar-refractivity contribution in [1.82, 2.24) is 4.98 Å². The zero-order chi connectivity index (χ0) is 7.94. The molecule has 0 spiro atoms. The molecule has 0 aliphatic rings. The molecule has 0 N–H and O–H groups in total. The zero-order valence-corrected chi connectivity index (χ0v) is 8.08. The Morgan fingerprint density at radius 1 is 1.55 bits per heavy atom. The summed E-state index contributed by atoms with van der Waals surface area (Å²) in [4.78, 5) is 3.83. The molecule has 0 saturated heterocycles. The topological polar surface area (TPSA) is 26.0 Å². The van der Waals surface area contributed by atoms with E-state index in [9.17, 15) is 0 Å². The Kier molecular flexibility index (Phi) is 4.54. The second kappa shape index (κ2) is 5.55.